The fraction of sp³-hybridized carbons (Fsp3) is 0.0833. The maximum Gasteiger partial charge on any atom is 0.189 e. The molecule has 0 aliphatic carbocycles. The van der Waals surface area contributed by atoms with Crippen molar-refractivity contribution in [3.63, 3.8) is 0 Å². The van der Waals surface area contributed by atoms with Gasteiger partial charge in [0.15, 0.2) is 10.9 Å². The van der Waals surface area contributed by atoms with E-state index >= 15 is 0 Å². The van der Waals surface area contributed by atoms with Crippen LogP contribution in [0.1, 0.15) is 0 Å². The topological polar surface area (TPSA) is 86.0 Å². The van der Waals surface area contributed by atoms with Crippen LogP contribution in [0.15, 0.2) is 30.6 Å². The highest BCUT2D eigenvalue weighted by Gasteiger charge is 2.06. The number of methoxy groups -OCH3 is 1. The summed E-state index contributed by atoms with van der Waals surface area (Å²) in [6.45, 7) is 0. The minimum Gasteiger partial charge on any atom is -0.497 e. The van der Waals surface area contributed by atoms with Gasteiger partial charge in [-0.05, 0) is 18.2 Å². The molecule has 7 heteroatoms. The van der Waals surface area contributed by atoms with E-state index in [1.54, 1.807) is 13.3 Å². The summed E-state index contributed by atoms with van der Waals surface area (Å²) in [5, 5.41) is 3.82. The minimum absolute atomic E-state index is 0.368. The maximum atomic E-state index is 5.58. The van der Waals surface area contributed by atoms with E-state index in [0.717, 1.165) is 21.1 Å². The van der Waals surface area contributed by atoms with Gasteiger partial charge in [-0.1, -0.05) is 11.3 Å². The van der Waals surface area contributed by atoms with Crippen molar-refractivity contribution in [3.05, 3.63) is 30.6 Å². The number of hydrogen-bond donors (Lipinski definition) is 2. The van der Waals surface area contributed by atoms with Gasteiger partial charge in [-0.15, -0.1) is 0 Å². The van der Waals surface area contributed by atoms with Gasteiger partial charge in [0.2, 0.25) is 0 Å². The van der Waals surface area contributed by atoms with Crippen molar-refractivity contribution in [2.24, 2.45) is 0 Å². The lowest BCUT2D eigenvalue weighted by molar-refractivity contribution is 0.415. The first-order chi connectivity index (χ1) is 9.24. The number of nitrogens with two attached hydrogens (primary N) is 1. The van der Waals surface area contributed by atoms with Gasteiger partial charge >= 0.3 is 0 Å². The molecule has 19 heavy (non-hydrogen) atoms. The number of ether oxygens (including phenoxy) is 1. The van der Waals surface area contributed by atoms with Crippen LogP contribution in [0.25, 0.3) is 10.2 Å². The predicted molar refractivity (Wildman–Crippen MR) is 75.9 cm³/mol. The van der Waals surface area contributed by atoms with Crippen molar-refractivity contribution in [2.75, 3.05) is 18.2 Å². The fourth-order valence-corrected chi connectivity index (χ4v) is 2.54. The van der Waals surface area contributed by atoms with Crippen LogP contribution in [-0.4, -0.2) is 22.1 Å². The molecular formula is C12H11N5OS. The Hall–Kier alpha value is -2.41. The van der Waals surface area contributed by atoms with Crippen LogP contribution < -0.4 is 15.8 Å². The minimum atomic E-state index is 0.368. The van der Waals surface area contributed by atoms with Crippen LogP contribution in [0.3, 0.4) is 0 Å². The van der Waals surface area contributed by atoms with Crippen LogP contribution in [0.4, 0.5) is 16.8 Å². The van der Waals surface area contributed by atoms with Crippen LogP contribution in [0, 0.1) is 0 Å². The highest BCUT2D eigenvalue weighted by Crippen LogP contribution is 2.30. The molecule has 3 N–H and O–H groups in total. The Morgan fingerprint density at radius 1 is 1.26 bits per heavy atom. The van der Waals surface area contributed by atoms with Crippen molar-refractivity contribution in [1.29, 1.82) is 0 Å². The smallest absolute Gasteiger partial charge is 0.189 e. The molecule has 0 radical (unpaired) electrons. The zero-order valence-electron chi connectivity index (χ0n) is 10.1. The molecule has 2 heterocycles. The fourth-order valence-electron chi connectivity index (χ4n) is 1.64. The zero-order valence-corrected chi connectivity index (χ0v) is 10.9. The molecule has 0 aliphatic rings. The molecule has 0 spiro atoms. The number of thiazole rings is 1. The van der Waals surface area contributed by atoms with Crippen LogP contribution >= 0.6 is 11.3 Å². The Balaban J connectivity index is 1.93. The molecule has 3 rings (SSSR count). The van der Waals surface area contributed by atoms with Crippen molar-refractivity contribution in [2.45, 2.75) is 0 Å². The first-order valence-corrected chi connectivity index (χ1v) is 6.35. The Morgan fingerprint density at radius 2 is 2.16 bits per heavy atom. The summed E-state index contributed by atoms with van der Waals surface area (Å²) >= 11 is 1.52. The molecular weight excluding hydrogens is 262 g/mol. The van der Waals surface area contributed by atoms with Crippen molar-refractivity contribution in [1.82, 2.24) is 15.0 Å². The molecule has 2 aromatic heterocycles. The highest BCUT2D eigenvalue weighted by molar-refractivity contribution is 7.22. The first-order valence-electron chi connectivity index (χ1n) is 5.54. The molecule has 0 amide bonds. The van der Waals surface area contributed by atoms with E-state index in [1.165, 1.54) is 17.5 Å². The average molecular weight is 273 g/mol. The quantitative estimate of drug-likeness (QED) is 0.762. The third kappa shape index (κ3) is 2.41. The van der Waals surface area contributed by atoms with Crippen molar-refractivity contribution >= 4 is 38.3 Å². The highest BCUT2D eigenvalue weighted by atomic mass is 32.1. The largest absolute Gasteiger partial charge is 0.497 e. The number of nitrogen functional groups attached to an aromatic ring is 1. The summed E-state index contributed by atoms with van der Waals surface area (Å²) in [6.07, 6.45) is 3.09. The summed E-state index contributed by atoms with van der Waals surface area (Å²) in [7, 11) is 1.64. The molecule has 0 unspecified atom stereocenters. The third-order valence-electron chi connectivity index (χ3n) is 2.48. The van der Waals surface area contributed by atoms with E-state index in [1.807, 2.05) is 18.2 Å². The molecule has 0 saturated heterocycles. The number of benzene rings is 1. The van der Waals surface area contributed by atoms with Crippen molar-refractivity contribution in [3.8, 4) is 5.75 Å². The van der Waals surface area contributed by atoms with Crippen LogP contribution in [0.2, 0.25) is 0 Å². The van der Waals surface area contributed by atoms with E-state index in [2.05, 4.69) is 20.3 Å². The first kappa shape index (κ1) is 11.7. The molecule has 0 saturated carbocycles. The normalized spacial score (nSPS) is 10.6. The second-order valence-electron chi connectivity index (χ2n) is 3.81. The number of aromatic nitrogens is 3. The Morgan fingerprint density at radius 3 is 2.95 bits per heavy atom. The van der Waals surface area contributed by atoms with Crippen molar-refractivity contribution < 1.29 is 4.74 Å². The van der Waals surface area contributed by atoms with Gasteiger partial charge in [0.25, 0.3) is 0 Å². The number of anilines is 3. The average Bonchev–Trinajstić information content (AvgIpc) is 2.79. The van der Waals surface area contributed by atoms with Gasteiger partial charge < -0.3 is 15.8 Å². The Kier molecular flexibility index (Phi) is 2.88. The second-order valence-corrected chi connectivity index (χ2v) is 4.84. The van der Waals surface area contributed by atoms with Crippen LogP contribution in [0.5, 0.6) is 5.75 Å². The lowest BCUT2D eigenvalue weighted by atomic mass is 10.3. The zero-order chi connectivity index (χ0) is 13.2. The second kappa shape index (κ2) is 4.69. The molecule has 96 valence electrons. The summed E-state index contributed by atoms with van der Waals surface area (Å²) in [5.74, 6) is 1.75. The number of rotatable bonds is 3. The molecule has 0 aliphatic heterocycles. The number of nitrogens with one attached hydrogen (secondary N) is 1. The van der Waals surface area contributed by atoms with Gasteiger partial charge in [-0.2, -0.15) is 0 Å². The molecule has 0 bridgehead atoms. The SMILES string of the molecule is COc1ccc2nc(Nc3cncc(N)n3)sc2c1. The summed E-state index contributed by atoms with van der Waals surface area (Å²) in [6, 6.07) is 5.75. The predicted octanol–water partition coefficient (Wildman–Crippen LogP) is 2.42. The number of nitrogens with zero attached hydrogens (tertiary/aromatic N) is 3. The summed E-state index contributed by atoms with van der Waals surface area (Å²) < 4.78 is 6.23. The van der Waals surface area contributed by atoms with E-state index < -0.39 is 0 Å². The van der Waals surface area contributed by atoms with Gasteiger partial charge in [0.05, 0.1) is 29.7 Å². The molecule has 6 nitrogen and oxygen atoms in total. The van der Waals surface area contributed by atoms with Gasteiger partial charge in [-0.3, -0.25) is 4.98 Å². The third-order valence-corrected chi connectivity index (χ3v) is 3.42. The van der Waals surface area contributed by atoms with E-state index in [9.17, 15) is 0 Å². The van der Waals surface area contributed by atoms with E-state index in [4.69, 9.17) is 10.5 Å². The standard InChI is InChI=1S/C12H11N5OS/c1-18-7-2-3-8-9(4-7)19-12(15-8)17-11-6-14-5-10(13)16-11/h2-6H,1H3,(H3,13,15,16,17). The van der Waals surface area contributed by atoms with Gasteiger partial charge in [0.1, 0.15) is 11.6 Å². The molecule has 0 fully saturated rings. The van der Waals surface area contributed by atoms with Gasteiger partial charge in [-0.25, -0.2) is 9.97 Å². The summed E-state index contributed by atoms with van der Waals surface area (Å²) in [5.41, 5.74) is 6.49. The summed E-state index contributed by atoms with van der Waals surface area (Å²) in [4.78, 5) is 12.5. The maximum absolute atomic E-state index is 5.58. The lowest BCUT2D eigenvalue weighted by Crippen LogP contribution is -1.97. The Bertz CT molecular complexity index is 727. The van der Waals surface area contributed by atoms with Gasteiger partial charge in [0, 0.05) is 0 Å². The van der Waals surface area contributed by atoms with E-state index in [0.29, 0.717) is 11.6 Å². The monoisotopic (exact) mass is 273 g/mol. The number of hydrogen-bond acceptors (Lipinski definition) is 7. The van der Waals surface area contributed by atoms with Crippen LogP contribution in [-0.2, 0) is 0 Å². The lowest BCUT2D eigenvalue weighted by Gasteiger charge is -2.00. The van der Waals surface area contributed by atoms with E-state index in [-0.39, 0.29) is 0 Å². The number of fused-ring (bicyclic) bond motifs is 1. The molecule has 1 aromatic carbocycles. The molecule has 3 aromatic rings. The Labute approximate surface area is 113 Å². The molecule has 0 atom stereocenters.